The monoisotopic (exact) mass is 389 g/mol. The summed E-state index contributed by atoms with van der Waals surface area (Å²) in [5.74, 6) is 2.23. The fourth-order valence-electron chi connectivity index (χ4n) is 3.57. The van der Waals surface area contributed by atoms with Gasteiger partial charge in [-0.05, 0) is 12.8 Å². The van der Waals surface area contributed by atoms with Crippen LogP contribution in [0.3, 0.4) is 0 Å². The molecule has 1 aromatic heterocycles. The zero-order valence-electron chi connectivity index (χ0n) is 15.6. The largest absolute Gasteiger partial charge is 0.401 e. The third-order valence-corrected chi connectivity index (χ3v) is 4.76. The molecule has 0 saturated carbocycles. The molecular weight excluding hydrogens is 363 g/mol. The van der Waals surface area contributed by atoms with Gasteiger partial charge in [0.25, 0.3) is 0 Å². The number of ether oxygens (including phenoxy) is 1. The Balaban J connectivity index is 1.49. The van der Waals surface area contributed by atoms with E-state index >= 15 is 0 Å². The molecule has 0 aromatic carbocycles. The Morgan fingerprint density at radius 1 is 1.26 bits per heavy atom. The van der Waals surface area contributed by atoms with Crippen LogP contribution < -0.4 is 10.6 Å². The second kappa shape index (κ2) is 8.42. The molecule has 152 valence electrons. The Morgan fingerprint density at radius 2 is 2.00 bits per heavy atom. The minimum Gasteiger partial charge on any atom is -0.377 e. The van der Waals surface area contributed by atoms with Crippen molar-refractivity contribution in [1.29, 1.82) is 0 Å². The molecule has 1 aromatic rings. The van der Waals surface area contributed by atoms with Crippen molar-refractivity contribution in [1.82, 2.24) is 30.3 Å². The van der Waals surface area contributed by atoms with Crippen molar-refractivity contribution in [3.05, 3.63) is 11.6 Å². The van der Waals surface area contributed by atoms with E-state index in [2.05, 4.69) is 25.7 Å². The van der Waals surface area contributed by atoms with Gasteiger partial charge in [0.1, 0.15) is 12.4 Å². The number of halogens is 3. The van der Waals surface area contributed by atoms with Gasteiger partial charge >= 0.3 is 6.18 Å². The van der Waals surface area contributed by atoms with Crippen molar-refractivity contribution in [3.63, 3.8) is 0 Å². The van der Waals surface area contributed by atoms with Crippen LogP contribution in [0.2, 0.25) is 0 Å². The number of aryl methyl sites for hydroxylation is 1. The summed E-state index contributed by atoms with van der Waals surface area (Å²) in [7, 11) is 3.27. The van der Waals surface area contributed by atoms with Crippen molar-refractivity contribution in [2.45, 2.75) is 50.7 Å². The first-order chi connectivity index (χ1) is 12.9. The SMILES string of the molecule is CN=C(NC1CCN(CC(F)(F)F)C1)NC1CCc2nc(COC)nn2C1. The van der Waals surface area contributed by atoms with Crippen LogP contribution in [0.15, 0.2) is 4.99 Å². The van der Waals surface area contributed by atoms with Crippen LogP contribution in [-0.2, 0) is 24.3 Å². The molecule has 1 fully saturated rings. The topological polar surface area (TPSA) is 79.6 Å². The van der Waals surface area contributed by atoms with Crippen LogP contribution in [0.25, 0.3) is 0 Å². The van der Waals surface area contributed by atoms with E-state index in [9.17, 15) is 13.2 Å². The maximum Gasteiger partial charge on any atom is 0.401 e. The quantitative estimate of drug-likeness (QED) is 0.565. The lowest BCUT2D eigenvalue weighted by molar-refractivity contribution is -0.143. The molecule has 1 saturated heterocycles. The van der Waals surface area contributed by atoms with Crippen LogP contribution in [0.4, 0.5) is 13.2 Å². The Kier molecular flexibility index (Phi) is 6.20. The third-order valence-electron chi connectivity index (χ3n) is 4.76. The number of hydrogen-bond donors (Lipinski definition) is 2. The van der Waals surface area contributed by atoms with Gasteiger partial charge in [0.2, 0.25) is 0 Å². The molecule has 2 N–H and O–H groups in total. The molecule has 0 spiro atoms. The molecule has 0 radical (unpaired) electrons. The van der Waals surface area contributed by atoms with Gasteiger partial charge < -0.3 is 15.4 Å². The third kappa shape index (κ3) is 5.55. The Morgan fingerprint density at radius 3 is 2.67 bits per heavy atom. The molecule has 0 amide bonds. The van der Waals surface area contributed by atoms with Crippen molar-refractivity contribution in [3.8, 4) is 0 Å². The van der Waals surface area contributed by atoms with Gasteiger partial charge in [-0.15, -0.1) is 0 Å². The Bertz CT molecular complexity index is 661. The number of aromatic nitrogens is 3. The van der Waals surface area contributed by atoms with Crippen LogP contribution >= 0.6 is 0 Å². The van der Waals surface area contributed by atoms with Crippen LogP contribution in [-0.4, -0.2) is 77.7 Å². The number of rotatable bonds is 5. The van der Waals surface area contributed by atoms with Crippen LogP contribution in [0.5, 0.6) is 0 Å². The van der Waals surface area contributed by atoms with E-state index in [4.69, 9.17) is 4.74 Å². The van der Waals surface area contributed by atoms with Crippen molar-refractivity contribution < 1.29 is 17.9 Å². The predicted octanol–water partition coefficient (Wildman–Crippen LogP) is 0.541. The van der Waals surface area contributed by atoms with E-state index in [1.807, 2.05) is 4.68 Å². The van der Waals surface area contributed by atoms with E-state index in [-0.39, 0.29) is 12.1 Å². The molecule has 11 heteroatoms. The fourth-order valence-corrected chi connectivity index (χ4v) is 3.57. The number of likely N-dealkylation sites (tertiary alicyclic amines) is 1. The zero-order valence-corrected chi connectivity index (χ0v) is 15.6. The molecular formula is C16H26F3N7O. The van der Waals surface area contributed by atoms with Gasteiger partial charge in [0.05, 0.1) is 13.1 Å². The van der Waals surface area contributed by atoms with E-state index in [1.54, 1.807) is 14.2 Å². The highest BCUT2D eigenvalue weighted by atomic mass is 19.4. The first-order valence-electron chi connectivity index (χ1n) is 9.07. The summed E-state index contributed by atoms with van der Waals surface area (Å²) in [4.78, 5) is 10.1. The Labute approximate surface area is 156 Å². The smallest absolute Gasteiger partial charge is 0.377 e. The van der Waals surface area contributed by atoms with Crippen molar-refractivity contribution in [2.75, 3.05) is 33.8 Å². The summed E-state index contributed by atoms with van der Waals surface area (Å²) >= 11 is 0. The molecule has 27 heavy (non-hydrogen) atoms. The number of guanidine groups is 1. The highest BCUT2D eigenvalue weighted by Crippen LogP contribution is 2.20. The number of methoxy groups -OCH3 is 1. The second-order valence-corrected chi connectivity index (χ2v) is 6.99. The average Bonchev–Trinajstić information content (AvgIpc) is 3.18. The van der Waals surface area contributed by atoms with E-state index < -0.39 is 12.7 Å². The number of nitrogens with one attached hydrogen (secondary N) is 2. The van der Waals surface area contributed by atoms with E-state index in [0.717, 1.165) is 18.7 Å². The van der Waals surface area contributed by atoms with Gasteiger partial charge in [-0.25, -0.2) is 9.67 Å². The first kappa shape index (κ1) is 19.9. The zero-order chi connectivity index (χ0) is 19.4. The molecule has 2 unspecified atom stereocenters. The lowest BCUT2D eigenvalue weighted by atomic mass is 10.1. The van der Waals surface area contributed by atoms with Crippen molar-refractivity contribution >= 4 is 5.96 Å². The molecule has 8 nitrogen and oxygen atoms in total. The second-order valence-electron chi connectivity index (χ2n) is 6.99. The molecule has 3 rings (SSSR count). The number of aliphatic imine (C=N–C) groups is 1. The van der Waals surface area contributed by atoms with Crippen LogP contribution in [0, 0.1) is 0 Å². The van der Waals surface area contributed by atoms with E-state index in [1.165, 1.54) is 4.90 Å². The van der Waals surface area contributed by atoms with Crippen LogP contribution in [0.1, 0.15) is 24.5 Å². The number of nitrogens with zero attached hydrogens (tertiary/aromatic N) is 5. The maximum absolute atomic E-state index is 12.5. The summed E-state index contributed by atoms with van der Waals surface area (Å²) < 4.78 is 44.5. The molecule has 2 atom stereocenters. The summed E-state index contributed by atoms with van der Waals surface area (Å²) in [5.41, 5.74) is 0. The molecule has 0 bridgehead atoms. The van der Waals surface area contributed by atoms with E-state index in [0.29, 0.717) is 44.4 Å². The predicted molar refractivity (Wildman–Crippen MR) is 93.4 cm³/mol. The first-order valence-corrected chi connectivity index (χ1v) is 9.07. The molecule has 2 aliphatic heterocycles. The lowest BCUT2D eigenvalue weighted by Gasteiger charge is -2.26. The number of fused-ring (bicyclic) bond motifs is 1. The van der Waals surface area contributed by atoms with Gasteiger partial charge in [-0.1, -0.05) is 0 Å². The van der Waals surface area contributed by atoms with Gasteiger partial charge in [0, 0.05) is 45.8 Å². The molecule has 2 aliphatic rings. The van der Waals surface area contributed by atoms with Gasteiger partial charge in [0.15, 0.2) is 11.8 Å². The lowest BCUT2D eigenvalue weighted by Crippen LogP contribution is -2.50. The highest BCUT2D eigenvalue weighted by molar-refractivity contribution is 5.80. The molecule has 3 heterocycles. The Hall–Kier alpha value is -1.88. The summed E-state index contributed by atoms with van der Waals surface area (Å²) in [6.45, 7) is 0.981. The summed E-state index contributed by atoms with van der Waals surface area (Å²) in [6.07, 6.45) is -1.81. The van der Waals surface area contributed by atoms with Gasteiger partial charge in [-0.2, -0.15) is 18.3 Å². The standard InChI is InChI=1S/C16H26F3N7O/c1-20-15(22-12-5-6-25(7-12)10-16(17,18)19)21-11-3-4-14-23-13(9-27-2)24-26(14)8-11/h11-12H,3-10H2,1-2H3,(H2,20,21,22). The normalized spacial score (nSPS) is 24.1. The summed E-state index contributed by atoms with van der Waals surface area (Å²) in [5, 5.41) is 11.0. The molecule has 0 aliphatic carbocycles. The minimum atomic E-state index is -4.16. The average molecular weight is 389 g/mol. The fraction of sp³-hybridized carbons (Fsp3) is 0.812. The minimum absolute atomic E-state index is 0.0441. The number of alkyl halides is 3. The maximum atomic E-state index is 12.5. The van der Waals surface area contributed by atoms with Gasteiger partial charge in [-0.3, -0.25) is 9.89 Å². The summed E-state index contributed by atoms with van der Waals surface area (Å²) in [6, 6.07) is 0.0888. The van der Waals surface area contributed by atoms with Crippen molar-refractivity contribution in [2.24, 2.45) is 4.99 Å². The highest BCUT2D eigenvalue weighted by Gasteiger charge is 2.34. The number of hydrogen-bond acceptors (Lipinski definition) is 5.